The maximum Gasteiger partial charge on any atom is 0.251 e. The fourth-order valence-electron chi connectivity index (χ4n) is 4.54. The van der Waals surface area contributed by atoms with Crippen molar-refractivity contribution in [2.75, 3.05) is 0 Å². The number of nitrogens with two attached hydrogens (primary N) is 1. The molecule has 4 heteroatoms. The van der Waals surface area contributed by atoms with Crippen LogP contribution in [-0.4, -0.2) is 10.5 Å². The van der Waals surface area contributed by atoms with Crippen LogP contribution in [-0.2, 0) is 19.4 Å². The van der Waals surface area contributed by atoms with Gasteiger partial charge in [0, 0.05) is 23.5 Å². The molecule has 0 spiro atoms. The van der Waals surface area contributed by atoms with E-state index in [1.807, 2.05) is 67.6 Å². The van der Waals surface area contributed by atoms with E-state index in [-0.39, 0.29) is 0 Å². The molecule has 0 aliphatic heterocycles. The Kier molecular flexibility index (Phi) is 7.48. The van der Waals surface area contributed by atoms with E-state index in [1.54, 1.807) is 0 Å². The molecule has 1 aromatic heterocycles. The Balaban J connectivity index is 1.77. The second-order valence-corrected chi connectivity index (χ2v) is 8.58. The van der Waals surface area contributed by atoms with Gasteiger partial charge in [-0.1, -0.05) is 74.0 Å². The summed E-state index contributed by atoms with van der Waals surface area (Å²) in [4.78, 5) is 12.7. The number of para-hydroxylation sites is 1. The molecule has 0 unspecified atom stereocenters. The summed E-state index contributed by atoms with van der Waals surface area (Å²) in [5, 5.41) is 0. The van der Waals surface area contributed by atoms with Crippen LogP contribution in [0.15, 0.2) is 84.9 Å². The monoisotopic (exact) mass is 452 g/mol. The van der Waals surface area contributed by atoms with Crippen molar-refractivity contribution in [3.63, 3.8) is 0 Å². The van der Waals surface area contributed by atoms with Crippen LogP contribution >= 0.6 is 0 Å². The largest absolute Gasteiger partial charge is 0.457 e. The summed E-state index contributed by atoms with van der Waals surface area (Å²) in [5.41, 5.74) is 11.8. The minimum absolute atomic E-state index is 0.391. The second kappa shape index (κ2) is 10.9. The standard InChI is InChI=1S/C30H32N2O2/c1-3-4-18-27-29(24-14-11-17-26(21-24)34-25-15-9-6-10-16-25)28(30(31)33)22(2)32(27)20-19-23-12-7-5-8-13-23/h5-17,21H,3-4,18-20H2,1-2H3,(H2,31,33). The number of benzene rings is 3. The summed E-state index contributed by atoms with van der Waals surface area (Å²) in [6, 6.07) is 28.1. The van der Waals surface area contributed by atoms with E-state index >= 15 is 0 Å². The van der Waals surface area contributed by atoms with Gasteiger partial charge in [-0.25, -0.2) is 0 Å². The highest BCUT2D eigenvalue weighted by Crippen LogP contribution is 2.36. The summed E-state index contributed by atoms with van der Waals surface area (Å²) in [7, 11) is 0. The van der Waals surface area contributed by atoms with Gasteiger partial charge in [-0.05, 0) is 61.6 Å². The Bertz CT molecular complexity index is 1240. The molecule has 1 amide bonds. The van der Waals surface area contributed by atoms with Gasteiger partial charge in [0.2, 0.25) is 0 Å². The molecule has 0 saturated carbocycles. The zero-order chi connectivity index (χ0) is 23.9. The number of aromatic nitrogens is 1. The van der Waals surface area contributed by atoms with Crippen LogP contribution in [0.4, 0.5) is 0 Å². The molecule has 0 aliphatic rings. The molecule has 4 nitrogen and oxygen atoms in total. The molecule has 0 radical (unpaired) electrons. The van der Waals surface area contributed by atoms with Crippen LogP contribution in [0.1, 0.15) is 47.1 Å². The maximum absolute atomic E-state index is 12.7. The van der Waals surface area contributed by atoms with Crippen molar-refractivity contribution in [1.82, 2.24) is 4.57 Å². The maximum atomic E-state index is 12.7. The number of ether oxygens (including phenoxy) is 1. The number of primary amides is 1. The first-order valence-corrected chi connectivity index (χ1v) is 12.0. The predicted molar refractivity (Wildman–Crippen MR) is 138 cm³/mol. The average Bonchev–Trinajstić information content (AvgIpc) is 3.14. The number of rotatable bonds is 10. The molecule has 4 rings (SSSR count). The lowest BCUT2D eigenvalue weighted by Gasteiger charge is -2.14. The van der Waals surface area contributed by atoms with Crippen molar-refractivity contribution in [2.24, 2.45) is 5.73 Å². The van der Waals surface area contributed by atoms with E-state index in [2.05, 4.69) is 35.8 Å². The Hall–Kier alpha value is -3.79. The summed E-state index contributed by atoms with van der Waals surface area (Å²) in [6.07, 6.45) is 3.90. The van der Waals surface area contributed by atoms with Gasteiger partial charge >= 0.3 is 0 Å². The van der Waals surface area contributed by atoms with Crippen molar-refractivity contribution in [3.8, 4) is 22.6 Å². The Labute approximate surface area is 202 Å². The molecule has 3 aromatic carbocycles. The summed E-state index contributed by atoms with van der Waals surface area (Å²) in [5.74, 6) is 1.12. The second-order valence-electron chi connectivity index (χ2n) is 8.58. The van der Waals surface area contributed by atoms with Crippen molar-refractivity contribution in [1.29, 1.82) is 0 Å². The van der Waals surface area contributed by atoms with Gasteiger partial charge in [0.15, 0.2) is 0 Å². The normalized spacial score (nSPS) is 10.9. The van der Waals surface area contributed by atoms with Crippen molar-refractivity contribution >= 4 is 5.91 Å². The van der Waals surface area contributed by atoms with Crippen molar-refractivity contribution in [2.45, 2.75) is 46.1 Å². The molecule has 1 heterocycles. The van der Waals surface area contributed by atoms with Gasteiger partial charge in [-0.2, -0.15) is 0 Å². The summed E-state index contributed by atoms with van der Waals surface area (Å²) >= 11 is 0. The number of carbonyl (C=O) groups excluding carboxylic acids is 1. The Morgan fingerprint density at radius 1 is 0.882 bits per heavy atom. The molecule has 0 atom stereocenters. The van der Waals surface area contributed by atoms with Gasteiger partial charge in [-0.3, -0.25) is 4.79 Å². The first-order chi connectivity index (χ1) is 16.6. The number of hydrogen-bond donors (Lipinski definition) is 1. The van der Waals surface area contributed by atoms with Crippen LogP contribution in [0.3, 0.4) is 0 Å². The lowest BCUT2D eigenvalue weighted by atomic mass is 9.97. The minimum atomic E-state index is -0.391. The highest BCUT2D eigenvalue weighted by molar-refractivity contribution is 6.02. The van der Waals surface area contributed by atoms with Gasteiger partial charge in [0.25, 0.3) is 5.91 Å². The fourth-order valence-corrected chi connectivity index (χ4v) is 4.54. The van der Waals surface area contributed by atoms with E-state index in [1.165, 1.54) is 11.3 Å². The average molecular weight is 453 g/mol. The molecule has 2 N–H and O–H groups in total. The first kappa shape index (κ1) is 23.4. The van der Waals surface area contributed by atoms with Gasteiger partial charge < -0.3 is 15.0 Å². The van der Waals surface area contributed by atoms with Crippen molar-refractivity contribution < 1.29 is 9.53 Å². The van der Waals surface area contributed by atoms with E-state index < -0.39 is 5.91 Å². The number of hydrogen-bond acceptors (Lipinski definition) is 2. The molecule has 4 aromatic rings. The molecular formula is C30H32N2O2. The molecule has 34 heavy (non-hydrogen) atoms. The lowest BCUT2D eigenvalue weighted by Crippen LogP contribution is -2.14. The summed E-state index contributed by atoms with van der Waals surface area (Å²) in [6.45, 7) is 5.00. The highest BCUT2D eigenvalue weighted by Gasteiger charge is 2.24. The zero-order valence-corrected chi connectivity index (χ0v) is 20.0. The quantitative estimate of drug-likeness (QED) is 0.283. The highest BCUT2D eigenvalue weighted by atomic mass is 16.5. The number of carbonyl (C=O) groups is 1. The lowest BCUT2D eigenvalue weighted by molar-refractivity contribution is 0.1000. The van der Waals surface area contributed by atoms with Crippen LogP contribution < -0.4 is 10.5 Å². The summed E-state index contributed by atoms with van der Waals surface area (Å²) < 4.78 is 8.38. The number of nitrogens with zero attached hydrogens (tertiary/aromatic N) is 1. The van der Waals surface area contributed by atoms with E-state index in [0.29, 0.717) is 5.56 Å². The third-order valence-electron chi connectivity index (χ3n) is 6.21. The number of amides is 1. The fraction of sp³-hybridized carbons (Fsp3) is 0.233. The predicted octanol–water partition coefficient (Wildman–Crippen LogP) is 6.94. The molecule has 0 saturated heterocycles. The molecule has 174 valence electrons. The molecule has 0 bridgehead atoms. The molecular weight excluding hydrogens is 420 g/mol. The molecule has 0 aliphatic carbocycles. The number of unbranched alkanes of at least 4 members (excludes halogenated alkanes) is 1. The van der Waals surface area contributed by atoms with E-state index in [0.717, 1.165) is 60.5 Å². The third-order valence-corrected chi connectivity index (χ3v) is 6.21. The SMILES string of the molecule is CCCCc1c(-c2cccc(Oc3ccccc3)c2)c(C(N)=O)c(C)n1CCc1ccccc1. The van der Waals surface area contributed by atoms with Crippen LogP contribution in [0.2, 0.25) is 0 Å². The first-order valence-electron chi connectivity index (χ1n) is 12.0. The van der Waals surface area contributed by atoms with Crippen LogP contribution in [0.25, 0.3) is 11.1 Å². The molecule has 0 fully saturated rings. The van der Waals surface area contributed by atoms with E-state index in [9.17, 15) is 4.79 Å². The van der Waals surface area contributed by atoms with E-state index in [4.69, 9.17) is 10.5 Å². The van der Waals surface area contributed by atoms with Crippen LogP contribution in [0.5, 0.6) is 11.5 Å². The van der Waals surface area contributed by atoms with Gasteiger partial charge in [0.05, 0.1) is 5.56 Å². The smallest absolute Gasteiger partial charge is 0.251 e. The van der Waals surface area contributed by atoms with Gasteiger partial charge in [0.1, 0.15) is 11.5 Å². The Morgan fingerprint density at radius 2 is 1.56 bits per heavy atom. The van der Waals surface area contributed by atoms with Crippen molar-refractivity contribution in [3.05, 3.63) is 107 Å². The van der Waals surface area contributed by atoms with Crippen LogP contribution in [0, 0.1) is 6.92 Å². The van der Waals surface area contributed by atoms with Gasteiger partial charge in [-0.15, -0.1) is 0 Å². The number of aryl methyl sites for hydroxylation is 1. The topological polar surface area (TPSA) is 57.2 Å². The third kappa shape index (κ3) is 5.23. The zero-order valence-electron chi connectivity index (χ0n) is 20.0. The Morgan fingerprint density at radius 3 is 2.24 bits per heavy atom. The minimum Gasteiger partial charge on any atom is -0.457 e.